The smallest absolute Gasteiger partial charge is 0.253 e. The highest BCUT2D eigenvalue weighted by molar-refractivity contribution is 5.94. The molecule has 0 N–H and O–H groups in total. The third-order valence-corrected chi connectivity index (χ3v) is 4.65. The van der Waals surface area contributed by atoms with E-state index in [0.717, 1.165) is 23.3 Å². The van der Waals surface area contributed by atoms with Crippen LogP contribution in [0.1, 0.15) is 28.5 Å². The summed E-state index contributed by atoms with van der Waals surface area (Å²) in [7, 11) is 1.98. The molecule has 0 spiro atoms. The normalized spacial score (nSPS) is 17.6. The van der Waals surface area contributed by atoms with Gasteiger partial charge < -0.3 is 9.47 Å². The summed E-state index contributed by atoms with van der Waals surface area (Å²) in [6.45, 7) is 1.31. The Balaban J connectivity index is 1.56. The van der Waals surface area contributed by atoms with Crippen molar-refractivity contribution in [3.05, 3.63) is 59.9 Å². The lowest BCUT2D eigenvalue weighted by Gasteiger charge is -2.16. The standard InChI is InChI=1S/C18H17FN4O/c1-22-16-10-20-8-6-15(16)21-17(22)13-7-9-23(11-13)18(24)12-2-4-14(19)5-3-12/h2-6,8,10,13H,7,9,11H2,1H3. The van der Waals surface area contributed by atoms with Gasteiger partial charge in [-0.3, -0.25) is 9.78 Å². The third kappa shape index (κ3) is 2.44. The average molecular weight is 324 g/mol. The van der Waals surface area contributed by atoms with Crippen LogP contribution < -0.4 is 0 Å². The second-order valence-corrected chi connectivity index (χ2v) is 6.14. The molecule has 3 aromatic rings. The monoisotopic (exact) mass is 324 g/mol. The van der Waals surface area contributed by atoms with E-state index < -0.39 is 0 Å². The van der Waals surface area contributed by atoms with Crippen molar-refractivity contribution in [1.29, 1.82) is 0 Å². The summed E-state index contributed by atoms with van der Waals surface area (Å²) in [5.74, 6) is 0.788. The molecule has 1 amide bonds. The Labute approximate surface area is 138 Å². The molecule has 0 aliphatic carbocycles. The molecular formula is C18H17FN4O. The number of aryl methyl sites for hydroxylation is 1. The first kappa shape index (κ1) is 14.8. The van der Waals surface area contributed by atoms with E-state index in [4.69, 9.17) is 4.98 Å². The Kier molecular flexibility index (Phi) is 3.52. The summed E-state index contributed by atoms with van der Waals surface area (Å²) >= 11 is 0. The van der Waals surface area contributed by atoms with Gasteiger partial charge in [-0.15, -0.1) is 0 Å². The lowest BCUT2D eigenvalue weighted by Crippen LogP contribution is -2.28. The lowest BCUT2D eigenvalue weighted by molar-refractivity contribution is 0.0790. The molecule has 0 bridgehead atoms. The zero-order valence-corrected chi connectivity index (χ0v) is 13.3. The van der Waals surface area contributed by atoms with Crippen LogP contribution in [0.5, 0.6) is 0 Å². The molecule has 1 saturated heterocycles. The predicted molar refractivity (Wildman–Crippen MR) is 88.2 cm³/mol. The number of hydrogen-bond acceptors (Lipinski definition) is 3. The number of carbonyl (C=O) groups excluding carboxylic acids is 1. The number of pyridine rings is 1. The molecule has 1 aromatic carbocycles. The van der Waals surface area contributed by atoms with E-state index >= 15 is 0 Å². The molecule has 2 aromatic heterocycles. The van der Waals surface area contributed by atoms with Gasteiger partial charge in [0, 0.05) is 37.8 Å². The van der Waals surface area contributed by atoms with Crippen LogP contribution in [0.3, 0.4) is 0 Å². The van der Waals surface area contributed by atoms with Gasteiger partial charge in [-0.1, -0.05) is 0 Å². The number of halogens is 1. The van der Waals surface area contributed by atoms with Crippen molar-refractivity contribution in [1.82, 2.24) is 19.4 Å². The van der Waals surface area contributed by atoms with Crippen molar-refractivity contribution in [3.8, 4) is 0 Å². The summed E-state index contributed by atoms with van der Waals surface area (Å²) in [4.78, 5) is 23.2. The SMILES string of the molecule is Cn1c(C2CCN(C(=O)c3ccc(F)cc3)C2)nc2ccncc21. The van der Waals surface area contributed by atoms with E-state index in [-0.39, 0.29) is 17.6 Å². The number of likely N-dealkylation sites (tertiary alicyclic amines) is 1. The van der Waals surface area contributed by atoms with Gasteiger partial charge in [0.2, 0.25) is 0 Å². The summed E-state index contributed by atoms with van der Waals surface area (Å²) in [6, 6.07) is 7.60. The molecule has 1 aliphatic rings. The topological polar surface area (TPSA) is 51.0 Å². The number of hydrogen-bond donors (Lipinski definition) is 0. The van der Waals surface area contributed by atoms with Crippen molar-refractivity contribution in [2.75, 3.05) is 13.1 Å². The molecule has 6 heteroatoms. The zero-order valence-electron chi connectivity index (χ0n) is 13.3. The van der Waals surface area contributed by atoms with E-state index in [1.54, 1.807) is 6.20 Å². The number of aromatic nitrogens is 3. The fraction of sp³-hybridized carbons (Fsp3) is 0.278. The fourth-order valence-electron chi connectivity index (χ4n) is 3.35. The maximum atomic E-state index is 13.0. The number of fused-ring (bicyclic) bond motifs is 1. The highest BCUT2D eigenvalue weighted by Crippen LogP contribution is 2.29. The predicted octanol–water partition coefficient (Wildman–Crippen LogP) is 2.74. The van der Waals surface area contributed by atoms with Gasteiger partial charge in [0.1, 0.15) is 11.6 Å². The van der Waals surface area contributed by atoms with Crippen LogP contribution in [-0.4, -0.2) is 38.4 Å². The van der Waals surface area contributed by atoms with Gasteiger partial charge in [-0.05, 0) is 36.8 Å². The van der Waals surface area contributed by atoms with Crippen LogP contribution in [-0.2, 0) is 7.05 Å². The molecule has 1 aliphatic heterocycles. The maximum Gasteiger partial charge on any atom is 0.253 e. The third-order valence-electron chi connectivity index (χ3n) is 4.65. The minimum atomic E-state index is -0.334. The molecule has 4 rings (SSSR count). The van der Waals surface area contributed by atoms with E-state index in [9.17, 15) is 9.18 Å². The highest BCUT2D eigenvalue weighted by atomic mass is 19.1. The number of imidazole rings is 1. The van der Waals surface area contributed by atoms with E-state index in [1.165, 1.54) is 24.3 Å². The molecule has 5 nitrogen and oxygen atoms in total. The number of benzene rings is 1. The fourth-order valence-corrected chi connectivity index (χ4v) is 3.35. The Morgan fingerprint density at radius 3 is 2.79 bits per heavy atom. The molecule has 24 heavy (non-hydrogen) atoms. The summed E-state index contributed by atoms with van der Waals surface area (Å²) in [5, 5.41) is 0. The first-order valence-electron chi connectivity index (χ1n) is 7.94. The lowest BCUT2D eigenvalue weighted by atomic mass is 10.1. The van der Waals surface area contributed by atoms with Crippen LogP contribution >= 0.6 is 0 Å². The number of amides is 1. The highest BCUT2D eigenvalue weighted by Gasteiger charge is 2.30. The molecule has 122 valence electrons. The van der Waals surface area contributed by atoms with Crippen molar-refractivity contribution < 1.29 is 9.18 Å². The Morgan fingerprint density at radius 2 is 2.04 bits per heavy atom. The Morgan fingerprint density at radius 1 is 1.25 bits per heavy atom. The molecule has 3 heterocycles. The average Bonchev–Trinajstić information content (AvgIpc) is 3.20. The summed E-state index contributed by atoms with van der Waals surface area (Å²) in [6.07, 6.45) is 4.41. The quantitative estimate of drug-likeness (QED) is 0.728. The van der Waals surface area contributed by atoms with Gasteiger partial charge >= 0.3 is 0 Å². The molecule has 1 fully saturated rings. The van der Waals surface area contributed by atoms with Crippen LogP contribution in [0.2, 0.25) is 0 Å². The van der Waals surface area contributed by atoms with Crippen molar-refractivity contribution >= 4 is 16.9 Å². The molecule has 0 saturated carbocycles. The zero-order chi connectivity index (χ0) is 16.7. The van der Waals surface area contributed by atoms with Crippen LogP contribution in [0.15, 0.2) is 42.7 Å². The molecule has 1 unspecified atom stereocenters. The van der Waals surface area contributed by atoms with Crippen LogP contribution in [0.25, 0.3) is 11.0 Å². The second kappa shape index (κ2) is 5.70. The molecule has 1 atom stereocenters. The summed E-state index contributed by atoms with van der Waals surface area (Å²) in [5.41, 5.74) is 2.44. The first-order chi connectivity index (χ1) is 11.6. The second-order valence-electron chi connectivity index (χ2n) is 6.14. The Hall–Kier alpha value is -2.76. The van der Waals surface area contributed by atoms with Crippen molar-refractivity contribution in [2.45, 2.75) is 12.3 Å². The summed E-state index contributed by atoms with van der Waals surface area (Å²) < 4.78 is 15.1. The number of carbonyl (C=O) groups is 1. The molecular weight excluding hydrogens is 307 g/mol. The number of nitrogens with zero attached hydrogens (tertiary/aromatic N) is 4. The van der Waals surface area contributed by atoms with E-state index in [0.29, 0.717) is 18.7 Å². The van der Waals surface area contributed by atoms with Gasteiger partial charge in [0.25, 0.3) is 5.91 Å². The number of rotatable bonds is 2. The first-order valence-corrected chi connectivity index (χ1v) is 7.94. The maximum absolute atomic E-state index is 13.0. The van der Waals surface area contributed by atoms with Gasteiger partial charge in [0.15, 0.2) is 0 Å². The largest absolute Gasteiger partial charge is 0.338 e. The van der Waals surface area contributed by atoms with Gasteiger partial charge in [-0.2, -0.15) is 0 Å². The molecule has 0 radical (unpaired) electrons. The minimum Gasteiger partial charge on any atom is -0.338 e. The Bertz CT molecular complexity index is 903. The van der Waals surface area contributed by atoms with Crippen molar-refractivity contribution in [2.24, 2.45) is 7.05 Å². The van der Waals surface area contributed by atoms with Crippen LogP contribution in [0.4, 0.5) is 4.39 Å². The van der Waals surface area contributed by atoms with Crippen LogP contribution in [0, 0.1) is 5.82 Å². The minimum absolute atomic E-state index is 0.0575. The van der Waals surface area contributed by atoms with Gasteiger partial charge in [-0.25, -0.2) is 9.37 Å². The van der Waals surface area contributed by atoms with E-state index in [1.807, 2.05) is 24.2 Å². The van der Waals surface area contributed by atoms with E-state index in [2.05, 4.69) is 9.55 Å². The van der Waals surface area contributed by atoms with Gasteiger partial charge in [0.05, 0.1) is 17.2 Å². The van der Waals surface area contributed by atoms with Crippen molar-refractivity contribution in [3.63, 3.8) is 0 Å².